The van der Waals surface area contributed by atoms with Crippen LogP contribution in [0.3, 0.4) is 0 Å². The summed E-state index contributed by atoms with van der Waals surface area (Å²) in [5, 5.41) is 0. The molecule has 5 heteroatoms. The number of benzene rings is 4. The Bertz CT molecular complexity index is 1250. The van der Waals surface area contributed by atoms with E-state index in [0.717, 1.165) is 36.6 Å². The van der Waals surface area contributed by atoms with Crippen LogP contribution in [-0.4, -0.2) is 0 Å². The molecule has 0 N–H and O–H groups in total. The van der Waals surface area contributed by atoms with E-state index in [1.54, 1.807) is 12.1 Å². The number of halogens is 5. The van der Waals surface area contributed by atoms with E-state index < -0.39 is 29.1 Å². The zero-order valence-corrected chi connectivity index (χ0v) is 17.2. The average molecular weight is 438 g/mol. The Balaban J connectivity index is 1.65. The number of rotatable bonds is 5. The highest BCUT2D eigenvalue weighted by atomic mass is 19.2. The van der Waals surface area contributed by atoms with Crippen LogP contribution < -0.4 is 0 Å². The van der Waals surface area contributed by atoms with Crippen molar-refractivity contribution in [2.24, 2.45) is 0 Å². The van der Waals surface area contributed by atoms with E-state index in [9.17, 15) is 22.0 Å². The predicted molar refractivity (Wildman–Crippen MR) is 117 cm³/mol. The molecule has 0 aliphatic carbocycles. The van der Waals surface area contributed by atoms with Gasteiger partial charge in [-0.05, 0) is 58.5 Å². The minimum Gasteiger partial charge on any atom is -0.206 e. The van der Waals surface area contributed by atoms with Crippen molar-refractivity contribution in [2.45, 2.75) is 19.8 Å². The standard InChI is InChI=1S/C27H19F5/c1-2-3-16-4-6-17(7-5-16)18-8-10-21(23(28)12-18)19-9-11-22(24(29)13-19)20-14-25(30)27(32)26(31)15-20/h4-15H,2-3H2,1H3. The van der Waals surface area contributed by atoms with E-state index >= 15 is 0 Å². The van der Waals surface area contributed by atoms with Crippen molar-refractivity contribution >= 4 is 0 Å². The smallest absolute Gasteiger partial charge is 0.194 e. The maximum absolute atomic E-state index is 14.9. The molecule has 4 aromatic rings. The van der Waals surface area contributed by atoms with Crippen LogP contribution in [-0.2, 0) is 6.42 Å². The van der Waals surface area contributed by atoms with Crippen LogP contribution in [0.4, 0.5) is 22.0 Å². The Morgan fingerprint density at radius 3 is 1.53 bits per heavy atom. The van der Waals surface area contributed by atoms with Crippen molar-refractivity contribution in [1.29, 1.82) is 0 Å². The molecule has 0 spiro atoms. The summed E-state index contributed by atoms with van der Waals surface area (Å²) in [6.45, 7) is 2.10. The molecule has 0 saturated heterocycles. The average Bonchev–Trinajstić information content (AvgIpc) is 2.78. The topological polar surface area (TPSA) is 0 Å². The fraction of sp³-hybridized carbons (Fsp3) is 0.111. The molecule has 0 bridgehead atoms. The molecule has 0 radical (unpaired) electrons. The van der Waals surface area contributed by atoms with Crippen molar-refractivity contribution < 1.29 is 22.0 Å². The van der Waals surface area contributed by atoms with Crippen molar-refractivity contribution in [2.75, 3.05) is 0 Å². The lowest BCUT2D eigenvalue weighted by atomic mass is 9.96. The zero-order chi connectivity index (χ0) is 22.8. The van der Waals surface area contributed by atoms with Gasteiger partial charge in [0.2, 0.25) is 0 Å². The van der Waals surface area contributed by atoms with Crippen LogP contribution in [0.25, 0.3) is 33.4 Å². The summed E-state index contributed by atoms with van der Waals surface area (Å²) in [6, 6.07) is 17.9. The van der Waals surface area contributed by atoms with Crippen LogP contribution >= 0.6 is 0 Å². The lowest BCUT2D eigenvalue weighted by Crippen LogP contribution is -1.94. The number of aryl methyl sites for hydroxylation is 1. The molecule has 162 valence electrons. The number of hydrogen-bond donors (Lipinski definition) is 0. The third-order valence-corrected chi connectivity index (χ3v) is 5.37. The SMILES string of the molecule is CCCc1ccc(-c2ccc(-c3ccc(-c4cc(F)c(F)c(F)c4)c(F)c3)c(F)c2)cc1. The van der Waals surface area contributed by atoms with E-state index in [2.05, 4.69) is 6.92 Å². The summed E-state index contributed by atoms with van der Waals surface area (Å²) in [5.74, 6) is -5.76. The quantitative estimate of drug-likeness (QED) is 0.217. The minimum absolute atomic E-state index is 0.115. The second kappa shape index (κ2) is 8.95. The van der Waals surface area contributed by atoms with E-state index in [1.165, 1.54) is 23.8 Å². The van der Waals surface area contributed by atoms with Gasteiger partial charge < -0.3 is 0 Å². The van der Waals surface area contributed by atoms with Crippen LogP contribution in [0, 0.1) is 29.1 Å². The summed E-state index contributed by atoms with van der Waals surface area (Å²) < 4.78 is 69.8. The van der Waals surface area contributed by atoms with E-state index in [4.69, 9.17) is 0 Å². The first-order chi connectivity index (χ1) is 15.4. The van der Waals surface area contributed by atoms with Gasteiger partial charge in [-0.3, -0.25) is 0 Å². The van der Waals surface area contributed by atoms with E-state index in [0.29, 0.717) is 5.56 Å². The lowest BCUT2D eigenvalue weighted by molar-refractivity contribution is 0.447. The molecule has 4 rings (SSSR count). The van der Waals surface area contributed by atoms with E-state index in [1.807, 2.05) is 24.3 Å². The van der Waals surface area contributed by atoms with Gasteiger partial charge in [0.15, 0.2) is 17.5 Å². The minimum atomic E-state index is -1.62. The van der Waals surface area contributed by atoms with Crippen LogP contribution in [0.5, 0.6) is 0 Å². The fourth-order valence-corrected chi connectivity index (χ4v) is 3.71. The normalized spacial score (nSPS) is 11.1. The summed E-state index contributed by atoms with van der Waals surface area (Å²) in [7, 11) is 0. The van der Waals surface area contributed by atoms with Gasteiger partial charge >= 0.3 is 0 Å². The van der Waals surface area contributed by atoms with Crippen molar-refractivity contribution in [3.63, 3.8) is 0 Å². The fourth-order valence-electron chi connectivity index (χ4n) is 3.71. The largest absolute Gasteiger partial charge is 0.206 e. The third-order valence-electron chi connectivity index (χ3n) is 5.37. The molecular formula is C27H19F5. The molecule has 32 heavy (non-hydrogen) atoms. The first-order valence-corrected chi connectivity index (χ1v) is 10.2. The second-order valence-electron chi connectivity index (χ2n) is 7.59. The molecule has 0 nitrogen and oxygen atoms in total. The van der Waals surface area contributed by atoms with Gasteiger partial charge in [-0.15, -0.1) is 0 Å². The molecule has 0 aliphatic rings. The van der Waals surface area contributed by atoms with Gasteiger partial charge in [-0.1, -0.05) is 61.9 Å². The summed E-state index contributed by atoms with van der Waals surface area (Å²) in [5.41, 5.74) is 2.99. The first-order valence-electron chi connectivity index (χ1n) is 10.2. The van der Waals surface area contributed by atoms with Crippen molar-refractivity contribution in [3.8, 4) is 33.4 Å². The highest BCUT2D eigenvalue weighted by molar-refractivity contribution is 5.74. The highest BCUT2D eigenvalue weighted by Gasteiger charge is 2.16. The van der Waals surface area contributed by atoms with Crippen LogP contribution in [0.15, 0.2) is 72.8 Å². The van der Waals surface area contributed by atoms with Crippen LogP contribution in [0.2, 0.25) is 0 Å². The van der Waals surface area contributed by atoms with Gasteiger partial charge in [0.1, 0.15) is 11.6 Å². The molecule has 0 saturated carbocycles. The molecule has 0 fully saturated rings. The molecule has 0 amide bonds. The number of hydrogen-bond acceptors (Lipinski definition) is 0. The molecule has 4 aromatic carbocycles. The Morgan fingerprint density at radius 1 is 0.500 bits per heavy atom. The van der Waals surface area contributed by atoms with Gasteiger partial charge in [0.25, 0.3) is 0 Å². The van der Waals surface area contributed by atoms with Gasteiger partial charge in [0, 0.05) is 11.1 Å². The lowest BCUT2D eigenvalue weighted by Gasteiger charge is -2.10. The highest BCUT2D eigenvalue weighted by Crippen LogP contribution is 2.32. The van der Waals surface area contributed by atoms with Crippen LogP contribution in [0.1, 0.15) is 18.9 Å². The maximum atomic E-state index is 14.9. The summed E-state index contributed by atoms with van der Waals surface area (Å²) >= 11 is 0. The van der Waals surface area contributed by atoms with Crippen molar-refractivity contribution in [1.82, 2.24) is 0 Å². The Hall–Kier alpha value is -3.47. The van der Waals surface area contributed by atoms with Crippen molar-refractivity contribution in [3.05, 3.63) is 107 Å². The van der Waals surface area contributed by atoms with E-state index in [-0.39, 0.29) is 22.3 Å². The second-order valence-corrected chi connectivity index (χ2v) is 7.59. The first kappa shape index (κ1) is 21.8. The molecule has 0 heterocycles. The predicted octanol–water partition coefficient (Wildman–Crippen LogP) is 8.34. The third kappa shape index (κ3) is 4.28. The van der Waals surface area contributed by atoms with Gasteiger partial charge in [-0.25, -0.2) is 22.0 Å². The van der Waals surface area contributed by atoms with Gasteiger partial charge in [0.05, 0.1) is 0 Å². The monoisotopic (exact) mass is 438 g/mol. The molecule has 0 atom stereocenters. The molecule has 0 unspecified atom stereocenters. The molecule has 0 aromatic heterocycles. The Morgan fingerprint density at radius 2 is 0.969 bits per heavy atom. The maximum Gasteiger partial charge on any atom is 0.194 e. The summed E-state index contributed by atoms with van der Waals surface area (Å²) in [4.78, 5) is 0. The molecule has 0 aliphatic heterocycles. The van der Waals surface area contributed by atoms with Gasteiger partial charge in [-0.2, -0.15) is 0 Å². The Labute approximate surface area is 183 Å². The zero-order valence-electron chi connectivity index (χ0n) is 17.2. The summed E-state index contributed by atoms with van der Waals surface area (Å²) in [6.07, 6.45) is 2.02. The molecular weight excluding hydrogens is 419 g/mol. The Kier molecular flexibility index (Phi) is 6.08.